The number of phenolic OH excluding ortho intramolecular Hbond substituents is 1. The summed E-state index contributed by atoms with van der Waals surface area (Å²) in [6.07, 6.45) is 0.610. The van der Waals surface area contributed by atoms with Gasteiger partial charge in [0.05, 0.1) is 12.2 Å². The van der Waals surface area contributed by atoms with E-state index in [1.165, 1.54) is 7.11 Å². The summed E-state index contributed by atoms with van der Waals surface area (Å²) >= 11 is 3.23. The third kappa shape index (κ3) is 2.29. The van der Waals surface area contributed by atoms with Crippen LogP contribution in [0.5, 0.6) is 5.75 Å². The standard InChI is InChI=1S/C9H9BrO3/c1-13-5-7-3-8(10)2-6(4-11)9(7)12/h2-4,12H,5H2,1H3. The van der Waals surface area contributed by atoms with Gasteiger partial charge in [0.25, 0.3) is 0 Å². The Labute approximate surface area is 84.5 Å². The van der Waals surface area contributed by atoms with E-state index in [1.807, 2.05) is 0 Å². The largest absolute Gasteiger partial charge is 0.507 e. The van der Waals surface area contributed by atoms with Gasteiger partial charge in [0.1, 0.15) is 5.75 Å². The zero-order chi connectivity index (χ0) is 9.84. The molecule has 0 aliphatic rings. The van der Waals surface area contributed by atoms with Gasteiger partial charge in [-0.2, -0.15) is 0 Å². The predicted molar refractivity (Wildman–Crippen MR) is 51.9 cm³/mol. The Hall–Kier alpha value is -0.870. The lowest BCUT2D eigenvalue weighted by atomic mass is 10.1. The summed E-state index contributed by atoms with van der Waals surface area (Å²) in [5.41, 5.74) is 0.861. The Balaban J connectivity index is 3.18. The Kier molecular flexibility index (Phi) is 3.45. The van der Waals surface area contributed by atoms with Crippen LogP contribution in [0, 0.1) is 0 Å². The van der Waals surface area contributed by atoms with E-state index in [0.717, 1.165) is 4.47 Å². The number of hydrogen-bond acceptors (Lipinski definition) is 3. The van der Waals surface area contributed by atoms with Crippen molar-refractivity contribution in [2.45, 2.75) is 6.61 Å². The zero-order valence-corrected chi connectivity index (χ0v) is 8.67. The molecule has 1 aromatic rings. The molecule has 0 saturated heterocycles. The topological polar surface area (TPSA) is 46.5 Å². The molecule has 70 valence electrons. The molecule has 0 aliphatic heterocycles. The number of aldehydes is 1. The fourth-order valence-corrected chi connectivity index (χ4v) is 1.56. The fourth-order valence-electron chi connectivity index (χ4n) is 1.03. The van der Waals surface area contributed by atoms with Crippen LogP contribution in [0.3, 0.4) is 0 Å². The SMILES string of the molecule is COCc1cc(Br)cc(C=O)c1O. The Morgan fingerprint density at radius 3 is 2.85 bits per heavy atom. The average Bonchev–Trinajstić information content (AvgIpc) is 2.11. The van der Waals surface area contributed by atoms with E-state index >= 15 is 0 Å². The van der Waals surface area contributed by atoms with Crippen molar-refractivity contribution in [3.05, 3.63) is 27.7 Å². The van der Waals surface area contributed by atoms with E-state index in [2.05, 4.69) is 15.9 Å². The molecule has 0 saturated carbocycles. The van der Waals surface area contributed by atoms with Gasteiger partial charge in [-0.3, -0.25) is 4.79 Å². The summed E-state index contributed by atoms with van der Waals surface area (Å²) in [5, 5.41) is 9.51. The van der Waals surface area contributed by atoms with E-state index in [1.54, 1.807) is 12.1 Å². The minimum absolute atomic E-state index is 0.0138. The van der Waals surface area contributed by atoms with Crippen LogP contribution < -0.4 is 0 Å². The van der Waals surface area contributed by atoms with Gasteiger partial charge in [-0.05, 0) is 12.1 Å². The van der Waals surface area contributed by atoms with Crippen LogP contribution in [-0.2, 0) is 11.3 Å². The summed E-state index contributed by atoms with van der Waals surface area (Å²) in [7, 11) is 1.53. The van der Waals surface area contributed by atoms with Crippen molar-refractivity contribution in [1.82, 2.24) is 0 Å². The van der Waals surface area contributed by atoms with Crippen molar-refractivity contribution in [2.24, 2.45) is 0 Å². The molecule has 1 aromatic carbocycles. The molecule has 0 unspecified atom stereocenters. The molecule has 0 fully saturated rings. The lowest BCUT2D eigenvalue weighted by molar-refractivity contribution is 0.112. The smallest absolute Gasteiger partial charge is 0.153 e. The highest BCUT2D eigenvalue weighted by atomic mass is 79.9. The molecule has 1 N–H and O–H groups in total. The lowest BCUT2D eigenvalue weighted by Gasteiger charge is -2.06. The number of ether oxygens (including phenoxy) is 1. The highest BCUT2D eigenvalue weighted by molar-refractivity contribution is 9.10. The summed E-state index contributed by atoms with van der Waals surface area (Å²) in [6.45, 7) is 0.284. The fraction of sp³-hybridized carbons (Fsp3) is 0.222. The number of halogens is 1. The van der Waals surface area contributed by atoms with Gasteiger partial charge in [0, 0.05) is 17.1 Å². The van der Waals surface area contributed by atoms with Gasteiger partial charge >= 0.3 is 0 Å². The summed E-state index contributed by atoms with van der Waals surface area (Å²) < 4.78 is 5.62. The minimum Gasteiger partial charge on any atom is -0.507 e. The van der Waals surface area contributed by atoms with E-state index in [-0.39, 0.29) is 17.9 Å². The summed E-state index contributed by atoms with van der Waals surface area (Å²) in [5.74, 6) is -0.0138. The third-order valence-corrected chi connectivity index (χ3v) is 2.07. The van der Waals surface area contributed by atoms with Gasteiger partial charge in [-0.1, -0.05) is 15.9 Å². The van der Waals surface area contributed by atoms with Crippen molar-refractivity contribution in [1.29, 1.82) is 0 Å². The minimum atomic E-state index is -0.0138. The van der Waals surface area contributed by atoms with Crippen molar-refractivity contribution in [2.75, 3.05) is 7.11 Å². The number of hydrogen-bond donors (Lipinski definition) is 1. The van der Waals surface area contributed by atoms with Crippen molar-refractivity contribution in [3.8, 4) is 5.75 Å². The molecule has 13 heavy (non-hydrogen) atoms. The first kappa shape index (κ1) is 10.2. The molecule has 0 bridgehead atoms. The molecule has 0 spiro atoms. The molecular weight excluding hydrogens is 236 g/mol. The Bertz CT molecular complexity index is 323. The van der Waals surface area contributed by atoms with E-state index in [4.69, 9.17) is 4.74 Å². The molecule has 0 aromatic heterocycles. The summed E-state index contributed by atoms with van der Waals surface area (Å²) in [4.78, 5) is 10.5. The van der Waals surface area contributed by atoms with Gasteiger partial charge in [0.15, 0.2) is 6.29 Å². The van der Waals surface area contributed by atoms with Crippen LogP contribution >= 0.6 is 15.9 Å². The molecule has 0 radical (unpaired) electrons. The van der Waals surface area contributed by atoms with Crippen LogP contribution in [0.2, 0.25) is 0 Å². The van der Waals surface area contributed by atoms with Gasteiger partial charge in [-0.25, -0.2) is 0 Å². The first-order valence-electron chi connectivity index (χ1n) is 3.64. The maximum absolute atomic E-state index is 10.5. The Morgan fingerprint density at radius 2 is 2.31 bits per heavy atom. The maximum Gasteiger partial charge on any atom is 0.153 e. The number of aromatic hydroxyl groups is 1. The first-order chi connectivity index (χ1) is 6.19. The van der Waals surface area contributed by atoms with Gasteiger partial charge in [0.2, 0.25) is 0 Å². The second kappa shape index (κ2) is 4.39. The second-order valence-electron chi connectivity index (χ2n) is 2.55. The normalized spacial score (nSPS) is 10.0. The molecule has 0 amide bonds. The highest BCUT2D eigenvalue weighted by Crippen LogP contribution is 2.26. The predicted octanol–water partition coefficient (Wildman–Crippen LogP) is 2.11. The van der Waals surface area contributed by atoms with Crippen LogP contribution in [0.4, 0.5) is 0 Å². The van der Waals surface area contributed by atoms with Crippen molar-refractivity contribution >= 4 is 22.2 Å². The molecule has 0 heterocycles. The molecule has 0 aliphatic carbocycles. The van der Waals surface area contributed by atoms with Crippen LogP contribution in [0.25, 0.3) is 0 Å². The second-order valence-corrected chi connectivity index (χ2v) is 3.47. The average molecular weight is 245 g/mol. The number of methoxy groups -OCH3 is 1. The first-order valence-corrected chi connectivity index (χ1v) is 4.44. The van der Waals surface area contributed by atoms with Crippen molar-refractivity contribution < 1.29 is 14.6 Å². The zero-order valence-electron chi connectivity index (χ0n) is 7.08. The summed E-state index contributed by atoms with van der Waals surface area (Å²) in [6, 6.07) is 3.27. The molecule has 1 rings (SSSR count). The lowest BCUT2D eigenvalue weighted by Crippen LogP contribution is -1.92. The number of carbonyl (C=O) groups excluding carboxylic acids is 1. The number of rotatable bonds is 3. The van der Waals surface area contributed by atoms with E-state index < -0.39 is 0 Å². The number of carbonyl (C=O) groups is 1. The maximum atomic E-state index is 10.5. The van der Waals surface area contributed by atoms with E-state index in [0.29, 0.717) is 11.8 Å². The highest BCUT2D eigenvalue weighted by Gasteiger charge is 2.07. The van der Waals surface area contributed by atoms with Crippen LogP contribution in [-0.4, -0.2) is 18.5 Å². The molecule has 0 atom stereocenters. The Morgan fingerprint density at radius 1 is 1.62 bits per heavy atom. The van der Waals surface area contributed by atoms with Gasteiger partial charge in [-0.15, -0.1) is 0 Å². The molecular formula is C9H9BrO3. The quantitative estimate of drug-likeness (QED) is 0.829. The number of phenols is 1. The van der Waals surface area contributed by atoms with Crippen LogP contribution in [0.1, 0.15) is 15.9 Å². The molecule has 4 heteroatoms. The van der Waals surface area contributed by atoms with Crippen LogP contribution in [0.15, 0.2) is 16.6 Å². The van der Waals surface area contributed by atoms with Crippen molar-refractivity contribution in [3.63, 3.8) is 0 Å². The third-order valence-electron chi connectivity index (χ3n) is 1.61. The van der Waals surface area contributed by atoms with Gasteiger partial charge < -0.3 is 9.84 Å². The van der Waals surface area contributed by atoms with E-state index in [9.17, 15) is 9.90 Å². The monoisotopic (exact) mass is 244 g/mol. The number of benzene rings is 1. The molecule has 3 nitrogen and oxygen atoms in total.